The van der Waals surface area contributed by atoms with Crippen molar-refractivity contribution in [2.24, 2.45) is 0 Å². The zero-order valence-corrected chi connectivity index (χ0v) is 13.2. The first-order valence-electron chi connectivity index (χ1n) is 8.61. The Kier molecular flexibility index (Phi) is 10.3. The monoisotopic (exact) mass is 280 g/mol. The topological polar surface area (TPSA) is 26.3 Å². The smallest absolute Gasteiger partial charge is 0.302 e. The summed E-state index contributed by atoms with van der Waals surface area (Å²) in [7, 11) is 0. The van der Waals surface area contributed by atoms with Crippen LogP contribution in [0.4, 0.5) is 0 Å². The third kappa shape index (κ3) is 10.1. The Morgan fingerprint density at radius 1 is 0.800 bits per heavy atom. The maximum Gasteiger partial charge on any atom is 0.302 e. The number of hydrogen-bond acceptors (Lipinski definition) is 2. The summed E-state index contributed by atoms with van der Waals surface area (Å²) in [5.41, 5.74) is 0. The van der Waals surface area contributed by atoms with Crippen LogP contribution in [0.3, 0.4) is 0 Å². The van der Waals surface area contributed by atoms with Gasteiger partial charge < -0.3 is 4.74 Å². The Morgan fingerprint density at radius 2 is 1.25 bits per heavy atom. The minimum atomic E-state index is -0.116. The standard InChI is InChI=1S/C18H32O2/c1-17(19)20-18-15-13-11-9-7-5-3-2-4-6-8-10-12-14-16-18/h2-3,18H,4-16H2,1H3. The molecular formula is C18H32O2. The lowest BCUT2D eigenvalue weighted by Crippen LogP contribution is -2.16. The average molecular weight is 280 g/mol. The number of carbonyl (C=O) groups is 1. The molecule has 1 aliphatic carbocycles. The second-order valence-electron chi connectivity index (χ2n) is 6.04. The molecule has 0 heterocycles. The quantitative estimate of drug-likeness (QED) is 0.464. The number of carbonyl (C=O) groups excluding carboxylic acids is 1. The first kappa shape index (κ1) is 17.3. The molecule has 2 nitrogen and oxygen atoms in total. The molecule has 0 amide bonds. The molecular weight excluding hydrogens is 248 g/mol. The zero-order valence-electron chi connectivity index (χ0n) is 13.2. The van der Waals surface area contributed by atoms with Gasteiger partial charge in [-0.05, 0) is 51.4 Å². The van der Waals surface area contributed by atoms with Gasteiger partial charge in [0.1, 0.15) is 6.10 Å². The normalized spacial score (nSPS) is 24.1. The molecule has 0 saturated carbocycles. The Bertz CT molecular complexity index is 271. The van der Waals surface area contributed by atoms with E-state index >= 15 is 0 Å². The van der Waals surface area contributed by atoms with Crippen molar-refractivity contribution < 1.29 is 9.53 Å². The second kappa shape index (κ2) is 12.0. The third-order valence-corrected chi connectivity index (χ3v) is 4.04. The summed E-state index contributed by atoms with van der Waals surface area (Å²) < 4.78 is 5.45. The first-order chi connectivity index (χ1) is 9.79. The first-order valence-corrected chi connectivity index (χ1v) is 8.61. The average Bonchev–Trinajstić information content (AvgIpc) is 2.40. The molecule has 0 radical (unpaired) electrons. The number of allylic oxidation sites excluding steroid dienone is 2. The number of rotatable bonds is 1. The van der Waals surface area contributed by atoms with Gasteiger partial charge in [-0.1, -0.05) is 44.3 Å². The van der Waals surface area contributed by atoms with Crippen molar-refractivity contribution in [3.63, 3.8) is 0 Å². The lowest BCUT2D eigenvalue weighted by atomic mass is 10.0. The minimum absolute atomic E-state index is 0.116. The molecule has 0 fully saturated rings. The molecule has 0 aromatic rings. The van der Waals surface area contributed by atoms with Crippen LogP contribution in [0, 0.1) is 0 Å². The Morgan fingerprint density at radius 3 is 1.75 bits per heavy atom. The molecule has 0 aliphatic heterocycles. The van der Waals surface area contributed by atoms with Gasteiger partial charge in [-0.25, -0.2) is 0 Å². The molecule has 0 N–H and O–H groups in total. The maximum absolute atomic E-state index is 11.1. The minimum Gasteiger partial charge on any atom is -0.463 e. The van der Waals surface area contributed by atoms with Crippen molar-refractivity contribution in [3.05, 3.63) is 12.2 Å². The molecule has 0 aromatic carbocycles. The summed E-state index contributed by atoms with van der Waals surface area (Å²) in [6.07, 6.45) is 21.0. The van der Waals surface area contributed by atoms with Gasteiger partial charge in [-0.15, -0.1) is 0 Å². The van der Waals surface area contributed by atoms with E-state index in [4.69, 9.17) is 4.74 Å². The summed E-state index contributed by atoms with van der Waals surface area (Å²) in [6.45, 7) is 1.53. The van der Waals surface area contributed by atoms with E-state index in [0.29, 0.717) is 0 Å². The highest BCUT2D eigenvalue weighted by Crippen LogP contribution is 2.17. The van der Waals surface area contributed by atoms with Crippen LogP contribution >= 0.6 is 0 Å². The summed E-state index contributed by atoms with van der Waals surface area (Å²) >= 11 is 0. The highest BCUT2D eigenvalue weighted by Gasteiger charge is 2.11. The molecule has 1 atom stereocenters. The van der Waals surface area contributed by atoms with Crippen molar-refractivity contribution >= 4 is 5.97 Å². The summed E-state index contributed by atoms with van der Waals surface area (Å²) in [6, 6.07) is 0. The fraction of sp³-hybridized carbons (Fsp3) is 0.833. The van der Waals surface area contributed by atoms with Crippen molar-refractivity contribution in [2.75, 3.05) is 0 Å². The molecule has 0 spiro atoms. The predicted octanol–water partition coefficient (Wildman–Crippen LogP) is 5.56. The van der Waals surface area contributed by atoms with E-state index in [1.54, 1.807) is 0 Å². The molecule has 1 unspecified atom stereocenters. The van der Waals surface area contributed by atoms with Gasteiger partial charge in [-0.2, -0.15) is 0 Å². The van der Waals surface area contributed by atoms with Crippen molar-refractivity contribution in [1.82, 2.24) is 0 Å². The van der Waals surface area contributed by atoms with Crippen molar-refractivity contribution in [1.29, 1.82) is 0 Å². The van der Waals surface area contributed by atoms with E-state index < -0.39 is 0 Å². The number of hydrogen-bond donors (Lipinski definition) is 0. The summed E-state index contributed by atoms with van der Waals surface area (Å²) in [5, 5.41) is 0. The van der Waals surface area contributed by atoms with Crippen LogP contribution in [-0.2, 0) is 9.53 Å². The molecule has 2 heteroatoms. The fourth-order valence-corrected chi connectivity index (χ4v) is 2.88. The maximum atomic E-state index is 11.1. The van der Waals surface area contributed by atoms with E-state index in [2.05, 4.69) is 12.2 Å². The summed E-state index contributed by atoms with van der Waals surface area (Å²) in [5.74, 6) is -0.116. The van der Waals surface area contributed by atoms with Crippen molar-refractivity contribution in [2.45, 2.75) is 96.5 Å². The fourth-order valence-electron chi connectivity index (χ4n) is 2.88. The van der Waals surface area contributed by atoms with Gasteiger partial charge in [0.2, 0.25) is 0 Å². The highest BCUT2D eigenvalue weighted by atomic mass is 16.5. The second-order valence-corrected chi connectivity index (χ2v) is 6.04. The molecule has 0 aromatic heterocycles. The van der Waals surface area contributed by atoms with E-state index in [1.165, 1.54) is 77.6 Å². The lowest BCUT2D eigenvalue weighted by Gasteiger charge is -2.17. The van der Waals surface area contributed by atoms with Gasteiger partial charge in [0.15, 0.2) is 0 Å². The van der Waals surface area contributed by atoms with Crippen LogP contribution in [0.25, 0.3) is 0 Å². The van der Waals surface area contributed by atoms with E-state index in [1.807, 2.05) is 0 Å². The molecule has 1 aliphatic rings. The van der Waals surface area contributed by atoms with E-state index in [-0.39, 0.29) is 12.1 Å². The van der Waals surface area contributed by atoms with Gasteiger partial charge in [-0.3, -0.25) is 4.79 Å². The van der Waals surface area contributed by atoms with Crippen LogP contribution < -0.4 is 0 Å². The number of esters is 1. The van der Waals surface area contributed by atoms with Gasteiger partial charge in [0.05, 0.1) is 0 Å². The largest absolute Gasteiger partial charge is 0.463 e. The lowest BCUT2D eigenvalue weighted by molar-refractivity contribution is -0.147. The third-order valence-electron chi connectivity index (χ3n) is 4.04. The highest BCUT2D eigenvalue weighted by molar-refractivity contribution is 5.66. The zero-order chi connectivity index (χ0) is 14.5. The Labute approximate surface area is 125 Å². The molecule has 20 heavy (non-hydrogen) atoms. The SMILES string of the molecule is CC(=O)OC1CCCCCCC=CCCCCCCC1. The van der Waals surface area contributed by atoms with Gasteiger partial charge >= 0.3 is 5.97 Å². The molecule has 0 bridgehead atoms. The molecule has 1 rings (SSSR count). The van der Waals surface area contributed by atoms with Gasteiger partial charge in [0.25, 0.3) is 0 Å². The predicted molar refractivity (Wildman–Crippen MR) is 84.7 cm³/mol. The van der Waals surface area contributed by atoms with E-state index in [0.717, 1.165) is 12.8 Å². The summed E-state index contributed by atoms with van der Waals surface area (Å²) in [4.78, 5) is 11.1. The van der Waals surface area contributed by atoms with Crippen LogP contribution in [0.1, 0.15) is 90.4 Å². The van der Waals surface area contributed by atoms with Crippen molar-refractivity contribution in [3.8, 4) is 0 Å². The van der Waals surface area contributed by atoms with E-state index in [9.17, 15) is 4.79 Å². The van der Waals surface area contributed by atoms with Crippen LogP contribution in [0.5, 0.6) is 0 Å². The Balaban J connectivity index is 2.30. The number of ether oxygens (including phenoxy) is 1. The molecule has 0 saturated heterocycles. The Hall–Kier alpha value is -0.790. The molecule has 116 valence electrons. The van der Waals surface area contributed by atoms with Crippen LogP contribution in [0.2, 0.25) is 0 Å². The van der Waals surface area contributed by atoms with Crippen LogP contribution in [-0.4, -0.2) is 12.1 Å². The van der Waals surface area contributed by atoms with Gasteiger partial charge in [0, 0.05) is 6.92 Å². The van der Waals surface area contributed by atoms with Crippen LogP contribution in [0.15, 0.2) is 12.2 Å².